The number of anilines is 1. The third kappa shape index (κ3) is 5.32. The Labute approximate surface area is 171 Å². The van der Waals surface area contributed by atoms with E-state index in [1.165, 1.54) is 6.92 Å². The fourth-order valence-electron chi connectivity index (χ4n) is 3.43. The Morgan fingerprint density at radius 3 is 2.55 bits per heavy atom. The van der Waals surface area contributed by atoms with Gasteiger partial charge in [-0.25, -0.2) is 5.48 Å². The number of aryl methyl sites for hydroxylation is 1. The molecule has 2 amide bonds. The van der Waals surface area contributed by atoms with Gasteiger partial charge in [0.05, 0.1) is 12.3 Å². The van der Waals surface area contributed by atoms with Crippen molar-refractivity contribution in [3.63, 3.8) is 0 Å². The zero-order valence-corrected chi connectivity index (χ0v) is 17.4. The zero-order valence-electron chi connectivity index (χ0n) is 17.4. The maximum atomic E-state index is 12.3. The van der Waals surface area contributed by atoms with Crippen molar-refractivity contribution in [2.75, 3.05) is 11.9 Å². The highest BCUT2D eigenvalue weighted by Gasteiger charge is 2.26. The molecule has 2 aliphatic carbocycles. The standard InChI is InChI=1S/C22H28N2O5/c1-5-7-8-9-17-19-14(3)12-16(22(27)24-29-6-2)10-11-18(19)21(28-13-25)20(17)23-15(4)26/h10-13H,5-9H2,1-4H3,(H,23,26)(H,24,27). The molecule has 7 nitrogen and oxygen atoms in total. The quantitative estimate of drug-likeness (QED) is 0.357. The number of hydrogen-bond acceptors (Lipinski definition) is 5. The Bertz CT molecular complexity index is 863. The van der Waals surface area contributed by atoms with Gasteiger partial charge < -0.3 is 10.1 Å². The molecule has 0 atom stereocenters. The molecule has 2 aliphatic rings. The number of carbonyl (C=O) groups is 3. The van der Waals surface area contributed by atoms with Crippen molar-refractivity contribution >= 4 is 24.0 Å². The summed E-state index contributed by atoms with van der Waals surface area (Å²) in [7, 11) is 0. The van der Waals surface area contributed by atoms with Crippen LogP contribution >= 0.6 is 0 Å². The van der Waals surface area contributed by atoms with Gasteiger partial charge in [0.15, 0.2) is 5.75 Å². The summed E-state index contributed by atoms with van der Waals surface area (Å²) in [4.78, 5) is 40.3. The summed E-state index contributed by atoms with van der Waals surface area (Å²) < 4.78 is 5.28. The molecule has 0 spiro atoms. The molecule has 156 valence electrons. The molecular weight excluding hydrogens is 372 g/mol. The van der Waals surface area contributed by atoms with Crippen LogP contribution in [0.1, 0.15) is 61.5 Å². The first kappa shape index (κ1) is 22.4. The highest BCUT2D eigenvalue weighted by Crippen LogP contribution is 2.48. The summed E-state index contributed by atoms with van der Waals surface area (Å²) in [5.41, 5.74) is 6.61. The minimum absolute atomic E-state index is 0.244. The first-order valence-electron chi connectivity index (χ1n) is 9.83. The third-order valence-electron chi connectivity index (χ3n) is 4.61. The minimum atomic E-state index is -0.361. The van der Waals surface area contributed by atoms with Crippen LogP contribution < -0.4 is 15.5 Å². The predicted molar refractivity (Wildman–Crippen MR) is 111 cm³/mol. The molecule has 0 aliphatic heterocycles. The van der Waals surface area contributed by atoms with Gasteiger partial charge >= 0.3 is 0 Å². The number of unbranched alkanes of at least 4 members (excludes halogenated alkanes) is 2. The first-order chi connectivity index (χ1) is 13.9. The minimum Gasteiger partial charge on any atom is -0.426 e. The smallest absolute Gasteiger partial charge is 0.298 e. The molecule has 29 heavy (non-hydrogen) atoms. The molecular formula is C22H28N2O5. The first-order valence-corrected chi connectivity index (χ1v) is 9.83. The van der Waals surface area contributed by atoms with Crippen LogP contribution in [0.5, 0.6) is 5.75 Å². The summed E-state index contributed by atoms with van der Waals surface area (Å²) in [5.74, 6) is -0.307. The van der Waals surface area contributed by atoms with Crippen molar-refractivity contribution in [1.82, 2.24) is 5.48 Å². The van der Waals surface area contributed by atoms with E-state index in [9.17, 15) is 14.4 Å². The molecule has 0 bridgehead atoms. The van der Waals surface area contributed by atoms with Gasteiger partial charge in [-0.3, -0.25) is 19.2 Å². The van der Waals surface area contributed by atoms with Crippen LogP contribution in [0.25, 0.3) is 11.1 Å². The molecule has 7 heteroatoms. The fourth-order valence-corrected chi connectivity index (χ4v) is 3.43. The lowest BCUT2D eigenvalue weighted by atomic mass is 9.99. The largest absolute Gasteiger partial charge is 0.426 e. The van der Waals surface area contributed by atoms with E-state index in [-0.39, 0.29) is 11.8 Å². The van der Waals surface area contributed by atoms with E-state index in [1.54, 1.807) is 25.1 Å². The van der Waals surface area contributed by atoms with Gasteiger partial charge in [0.2, 0.25) is 5.91 Å². The SMILES string of the molecule is CCCCCc1c(NC(C)=O)c(OC=O)c2ccc(C(=O)NOCC)cc(C)c1-2. The van der Waals surface area contributed by atoms with Gasteiger partial charge in [0, 0.05) is 18.1 Å². The van der Waals surface area contributed by atoms with E-state index in [4.69, 9.17) is 9.57 Å². The van der Waals surface area contributed by atoms with Crippen molar-refractivity contribution in [3.05, 3.63) is 34.9 Å². The Balaban J connectivity index is 2.68. The van der Waals surface area contributed by atoms with E-state index in [1.807, 2.05) is 6.92 Å². The van der Waals surface area contributed by atoms with Gasteiger partial charge in [0.25, 0.3) is 12.4 Å². The van der Waals surface area contributed by atoms with Crippen molar-refractivity contribution in [1.29, 1.82) is 0 Å². The molecule has 2 rings (SSSR count). The van der Waals surface area contributed by atoms with Crippen LogP contribution in [0.15, 0.2) is 18.2 Å². The summed E-state index contributed by atoms with van der Waals surface area (Å²) in [5, 5.41) is 2.82. The molecule has 0 saturated carbocycles. The van der Waals surface area contributed by atoms with E-state index < -0.39 is 0 Å². The molecule has 0 fully saturated rings. The van der Waals surface area contributed by atoms with Crippen molar-refractivity contribution < 1.29 is 24.0 Å². The number of ether oxygens (including phenoxy) is 1. The predicted octanol–water partition coefficient (Wildman–Crippen LogP) is 4.01. The van der Waals surface area contributed by atoms with E-state index in [0.717, 1.165) is 36.0 Å². The zero-order chi connectivity index (χ0) is 21.4. The molecule has 0 saturated heterocycles. The summed E-state index contributed by atoms with van der Waals surface area (Å²) in [6, 6.07) is 5.15. The van der Waals surface area contributed by atoms with Crippen LogP contribution in [-0.4, -0.2) is 24.9 Å². The Morgan fingerprint density at radius 2 is 1.93 bits per heavy atom. The Kier molecular flexibility index (Phi) is 8.15. The van der Waals surface area contributed by atoms with Crippen molar-refractivity contribution in [3.8, 4) is 16.9 Å². The molecule has 0 unspecified atom stereocenters. The number of rotatable bonds is 10. The summed E-state index contributed by atoms with van der Waals surface area (Å²) in [6.07, 6.45) is 3.74. The monoisotopic (exact) mass is 400 g/mol. The average Bonchev–Trinajstić information content (AvgIpc) is 2.84. The molecule has 0 heterocycles. The van der Waals surface area contributed by atoms with Crippen molar-refractivity contribution in [2.45, 2.75) is 53.4 Å². The summed E-state index contributed by atoms with van der Waals surface area (Å²) >= 11 is 0. The van der Waals surface area contributed by atoms with Gasteiger partial charge in [-0.05, 0) is 61.6 Å². The van der Waals surface area contributed by atoms with Gasteiger partial charge in [-0.15, -0.1) is 0 Å². The number of fused-ring (bicyclic) bond motifs is 1. The van der Waals surface area contributed by atoms with Gasteiger partial charge in [0.1, 0.15) is 0 Å². The van der Waals surface area contributed by atoms with E-state index in [2.05, 4.69) is 17.7 Å². The Hall–Kier alpha value is -2.93. The number of hydrogen-bond donors (Lipinski definition) is 2. The second-order valence-corrected chi connectivity index (χ2v) is 6.80. The second-order valence-electron chi connectivity index (χ2n) is 6.80. The van der Waals surface area contributed by atoms with Gasteiger partial charge in [-0.2, -0.15) is 0 Å². The van der Waals surface area contributed by atoms with Crippen LogP contribution in [0.2, 0.25) is 0 Å². The Morgan fingerprint density at radius 1 is 1.17 bits per heavy atom. The highest BCUT2D eigenvalue weighted by molar-refractivity contribution is 6.01. The number of hydroxylamine groups is 1. The topological polar surface area (TPSA) is 93.7 Å². The molecule has 0 aromatic rings. The lowest BCUT2D eigenvalue weighted by Crippen LogP contribution is -2.23. The van der Waals surface area contributed by atoms with E-state index in [0.29, 0.717) is 42.1 Å². The summed E-state index contributed by atoms with van der Waals surface area (Å²) in [6.45, 7) is 7.91. The van der Waals surface area contributed by atoms with Crippen LogP contribution in [-0.2, 0) is 20.8 Å². The molecule has 0 aromatic carbocycles. The number of carbonyl (C=O) groups excluding carboxylic acids is 3. The fraction of sp³-hybridized carbons (Fsp3) is 0.409. The normalized spacial score (nSPS) is 10.6. The van der Waals surface area contributed by atoms with Crippen LogP contribution in [0.4, 0.5) is 5.69 Å². The lowest BCUT2D eigenvalue weighted by Gasteiger charge is -2.08. The number of nitrogens with one attached hydrogen (secondary N) is 2. The molecule has 0 aromatic heterocycles. The second kappa shape index (κ2) is 10.6. The number of amides is 2. The maximum Gasteiger partial charge on any atom is 0.298 e. The lowest BCUT2D eigenvalue weighted by molar-refractivity contribution is -0.120. The van der Waals surface area contributed by atoms with Crippen molar-refractivity contribution in [2.24, 2.45) is 0 Å². The average molecular weight is 400 g/mol. The van der Waals surface area contributed by atoms with Crippen LogP contribution in [0, 0.1) is 6.92 Å². The highest BCUT2D eigenvalue weighted by atomic mass is 16.6. The van der Waals surface area contributed by atoms with Gasteiger partial charge in [-0.1, -0.05) is 19.8 Å². The third-order valence-corrected chi connectivity index (χ3v) is 4.61. The molecule has 2 N–H and O–H groups in total. The maximum absolute atomic E-state index is 12.3. The van der Waals surface area contributed by atoms with Crippen LogP contribution in [0.3, 0.4) is 0 Å². The van der Waals surface area contributed by atoms with E-state index >= 15 is 0 Å². The molecule has 0 radical (unpaired) electrons.